The molecule has 164 valence electrons. The van der Waals surface area contributed by atoms with Gasteiger partial charge >= 0.3 is 0 Å². The number of halogens is 1. The first kappa shape index (κ1) is 20.1. The molecule has 2 heterocycles. The zero-order valence-corrected chi connectivity index (χ0v) is 19.5. The van der Waals surface area contributed by atoms with Gasteiger partial charge in [0.15, 0.2) is 0 Å². The highest BCUT2D eigenvalue weighted by Gasteiger charge is 2.16. The van der Waals surface area contributed by atoms with Gasteiger partial charge in [0.05, 0.1) is 16.1 Å². The predicted molar refractivity (Wildman–Crippen MR) is 148 cm³/mol. The molecule has 5 aromatic carbocycles. The number of hydrogen-bond donors (Lipinski definition) is 0. The summed E-state index contributed by atoms with van der Waals surface area (Å²) in [7, 11) is 0. The van der Waals surface area contributed by atoms with Gasteiger partial charge in [0.2, 0.25) is 0 Å². The van der Waals surface area contributed by atoms with E-state index >= 15 is 0 Å². The van der Waals surface area contributed by atoms with Crippen molar-refractivity contribution in [1.29, 1.82) is 0 Å². The van der Waals surface area contributed by atoms with Crippen LogP contribution in [0.3, 0.4) is 0 Å². The standard InChI is InChI=1S/C32H19ClN2/c33-29-19-28-26(24-11-9-20-5-1-3-7-22(20)17-24)13-15-34-31(28)32-30(29)27(14-16-35-32)25-12-10-21-6-2-4-8-23(21)18-25/h1-19H. The third-order valence-electron chi connectivity index (χ3n) is 6.80. The molecule has 2 nitrogen and oxygen atoms in total. The zero-order valence-electron chi connectivity index (χ0n) is 18.7. The Balaban J connectivity index is 1.49. The van der Waals surface area contributed by atoms with Crippen LogP contribution in [0, 0.1) is 0 Å². The maximum absolute atomic E-state index is 7.00. The van der Waals surface area contributed by atoms with Crippen molar-refractivity contribution in [1.82, 2.24) is 9.97 Å². The molecule has 7 rings (SSSR count). The van der Waals surface area contributed by atoms with Crippen molar-refractivity contribution >= 4 is 55.0 Å². The van der Waals surface area contributed by atoms with Crippen LogP contribution < -0.4 is 0 Å². The molecule has 0 unspecified atom stereocenters. The molecular formula is C32H19ClN2. The van der Waals surface area contributed by atoms with Crippen molar-refractivity contribution in [3.05, 3.63) is 121 Å². The summed E-state index contributed by atoms with van der Waals surface area (Å²) in [6.07, 6.45) is 3.72. The van der Waals surface area contributed by atoms with Crippen LogP contribution in [-0.4, -0.2) is 9.97 Å². The topological polar surface area (TPSA) is 25.8 Å². The van der Waals surface area contributed by atoms with E-state index in [1.165, 1.54) is 21.5 Å². The van der Waals surface area contributed by atoms with Gasteiger partial charge in [-0.1, -0.05) is 84.4 Å². The summed E-state index contributed by atoms with van der Waals surface area (Å²) in [5, 5.41) is 7.46. The maximum atomic E-state index is 7.00. The lowest BCUT2D eigenvalue weighted by molar-refractivity contribution is 1.37. The molecule has 0 bridgehead atoms. The summed E-state index contributed by atoms with van der Waals surface area (Å²) in [5.41, 5.74) is 6.09. The molecule has 0 amide bonds. The van der Waals surface area contributed by atoms with Crippen LogP contribution in [0.4, 0.5) is 0 Å². The lowest BCUT2D eigenvalue weighted by atomic mass is 9.94. The number of rotatable bonds is 2. The van der Waals surface area contributed by atoms with E-state index in [1.807, 2.05) is 24.5 Å². The highest BCUT2D eigenvalue weighted by atomic mass is 35.5. The monoisotopic (exact) mass is 466 g/mol. The van der Waals surface area contributed by atoms with E-state index in [0.717, 1.165) is 44.1 Å². The molecule has 0 saturated carbocycles. The number of aromatic nitrogens is 2. The van der Waals surface area contributed by atoms with Crippen LogP contribution in [0.1, 0.15) is 0 Å². The zero-order chi connectivity index (χ0) is 23.4. The summed E-state index contributed by atoms with van der Waals surface area (Å²) in [5.74, 6) is 0. The first-order valence-corrected chi connectivity index (χ1v) is 12.0. The molecule has 0 aliphatic heterocycles. The molecule has 0 N–H and O–H groups in total. The fraction of sp³-hybridized carbons (Fsp3) is 0. The SMILES string of the molecule is Clc1cc2c(-c3ccc4ccccc4c3)ccnc2c2nccc(-c3ccc4ccccc4c3)c12. The largest absolute Gasteiger partial charge is 0.254 e. The van der Waals surface area contributed by atoms with E-state index in [-0.39, 0.29) is 0 Å². The fourth-order valence-corrected chi connectivity index (χ4v) is 5.40. The molecule has 3 heteroatoms. The Bertz CT molecular complexity index is 1920. The molecular weight excluding hydrogens is 448 g/mol. The molecule has 0 saturated heterocycles. The molecule has 2 aromatic heterocycles. The summed E-state index contributed by atoms with van der Waals surface area (Å²) in [4.78, 5) is 9.52. The molecule has 0 atom stereocenters. The Morgan fingerprint density at radius 2 is 1.03 bits per heavy atom. The van der Waals surface area contributed by atoms with Gasteiger partial charge in [-0.25, -0.2) is 0 Å². The molecule has 7 aromatic rings. The van der Waals surface area contributed by atoms with E-state index in [2.05, 4.69) is 91.0 Å². The van der Waals surface area contributed by atoms with Crippen molar-refractivity contribution < 1.29 is 0 Å². The fourth-order valence-electron chi connectivity index (χ4n) is 5.10. The van der Waals surface area contributed by atoms with Crippen LogP contribution in [0.15, 0.2) is 116 Å². The third-order valence-corrected chi connectivity index (χ3v) is 7.09. The maximum Gasteiger partial charge on any atom is 0.0986 e. The Kier molecular flexibility index (Phi) is 4.54. The van der Waals surface area contributed by atoms with Gasteiger partial charge in [-0.3, -0.25) is 9.97 Å². The third kappa shape index (κ3) is 3.26. The molecule has 0 spiro atoms. The Morgan fingerprint density at radius 1 is 0.486 bits per heavy atom. The van der Waals surface area contributed by atoms with Crippen molar-refractivity contribution in [2.75, 3.05) is 0 Å². The van der Waals surface area contributed by atoms with Crippen LogP contribution >= 0.6 is 11.6 Å². The normalized spacial score (nSPS) is 11.6. The summed E-state index contributed by atoms with van der Waals surface area (Å²) >= 11 is 7.00. The van der Waals surface area contributed by atoms with Crippen LogP contribution in [0.5, 0.6) is 0 Å². The highest BCUT2D eigenvalue weighted by Crippen LogP contribution is 2.40. The summed E-state index contributed by atoms with van der Waals surface area (Å²) in [6.45, 7) is 0. The molecule has 35 heavy (non-hydrogen) atoms. The molecule has 0 aliphatic rings. The van der Waals surface area contributed by atoms with Gasteiger partial charge in [0.25, 0.3) is 0 Å². The van der Waals surface area contributed by atoms with Crippen molar-refractivity contribution in [3.63, 3.8) is 0 Å². The quantitative estimate of drug-likeness (QED) is 0.237. The predicted octanol–water partition coefficient (Wildman–Crippen LogP) is 9.08. The molecule has 0 fully saturated rings. The van der Waals surface area contributed by atoms with Crippen LogP contribution in [-0.2, 0) is 0 Å². The first-order chi connectivity index (χ1) is 17.3. The molecule has 0 radical (unpaired) electrons. The number of pyridine rings is 2. The van der Waals surface area contributed by atoms with E-state index in [4.69, 9.17) is 21.6 Å². The van der Waals surface area contributed by atoms with Gasteiger partial charge in [-0.05, 0) is 74.1 Å². The minimum absolute atomic E-state index is 0.679. The molecule has 0 aliphatic carbocycles. The number of nitrogens with zero attached hydrogens (tertiary/aromatic N) is 2. The minimum atomic E-state index is 0.679. The summed E-state index contributed by atoms with van der Waals surface area (Å²) in [6, 6.07) is 36.0. The van der Waals surface area contributed by atoms with Gasteiger partial charge in [-0.15, -0.1) is 0 Å². The van der Waals surface area contributed by atoms with Crippen molar-refractivity contribution in [3.8, 4) is 22.3 Å². The highest BCUT2D eigenvalue weighted by molar-refractivity contribution is 6.38. The van der Waals surface area contributed by atoms with Gasteiger partial charge in [0.1, 0.15) is 0 Å². The average Bonchev–Trinajstić information content (AvgIpc) is 2.92. The Hall–Kier alpha value is -4.27. The second-order valence-corrected chi connectivity index (χ2v) is 9.23. The Morgan fingerprint density at radius 3 is 1.69 bits per heavy atom. The second-order valence-electron chi connectivity index (χ2n) is 8.82. The lowest BCUT2D eigenvalue weighted by Gasteiger charge is -2.13. The van der Waals surface area contributed by atoms with E-state index in [9.17, 15) is 0 Å². The van der Waals surface area contributed by atoms with E-state index in [1.54, 1.807) is 0 Å². The van der Waals surface area contributed by atoms with Crippen LogP contribution in [0.2, 0.25) is 5.02 Å². The second kappa shape index (κ2) is 7.90. The summed E-state index contributed by atoms with van der Waals surface area (Å²) < 4.78 is 0. The van der Waals surface area contributed by atoms with Gasteiger partial charge < -0.3 is 0 Å². The van der Waals surface area contributed by atoms with Gasteiger partial charge in [-0.2, -0.15) is 0 Å². The van der Waals surface area contributed by atoms with E-state index in [0.29, 0.717) is 5.02 Å². The number of hydrogen-bond acceptors (Lipinski definition) is 2. The van der Waals surface area contributed by atoms with Crippen LogP contribution in [0.25, 0.3) is 65.6 Å². The average molecular weight is 467 g/mol. The minimum Gasteiger partial charge on any atom is -0.254 e. The lowest BCUT2D eigenvalue weighted by Crippen LogP contribution is -1.92. The van der Waals surface area contributed by atoms with E-state index < -0.39 is 0 Å². The van der Waals surface area contributed by atoms with Crippen molar-refractivity contribution in [2.45, 2.75) is 0 Å². The number of benzene rings is 5. The van der Waals surface area contributed by atoms with Crippen molar-refractivity contribution in [2.24, 2.45) is 0 Å². The first-order valence-electron chi connectivity index (χ1n) is 11.6. The van der Waals surface area contributed by atoms with Gasteiger partial charge in [0, 0.05) is 23.2 Å². The Labute approximate surface area is 207 Å². The smallest absolute Gasteiger partial charge is 0.0986 e. The number of fused-ring (bicyclic) bond motifs is 5.